The summed E-state index contributed by atoms with van der Waals surface area (Å²) in [5, 5.41) is 5.02. The zero-order valence-electron chi connectivity index (χ0n) is 8.01. The molecule has 14 heavy (non-hydrogen) atoms. The first-order valence-corrected chi connectivity index (χ1v) is 5.06. The van der Waals surface area contributed by atoms with E-state index in [1.54, 1.807) is 0 Å². The average Bonchev–Trinajstić information content (AvgIpc) is 2.13. The summed E-state index contributed by atoms with van der Waals surface area (Å²) < 4.78 is 0. The van der Waals surface area contributed by atoms with Gasteiger partial charge in [0.1, 0.15) is 0 Å². The molecule has 0 aliphatic heterocycles. The largest absolute Gasteiger partial charge is 0.354 e. The van der Waals surface area contributed by atoms with E-state index in [0.29, 0.717) is 25.4 Å². The third-order valence-corrected chi connectivity index (χ3v) is 1.80. The number of nitrogens with one attached hydrogen (secondary N) is 2. The molecule has 4 N–H and O–H groups in total. The molecular formula is C8H16ClN3O2. The fourth-order valence-corrected chi connectivity index (χ4v) is 1.05. The van der Waals surface area contributed by atoms with Crippen molar-refractivity contribution in [2.24, 2.45) is 5.73 Å². The maximum atomic E-state index is 11.1. The van der Waals surface area contributed by atoms with Crippen LogP contribution in [0.3, 0.4) is 0 Å². The fourth-order valence-electron chi connectivity index (χ4n) is 0.856. The van der Waals surface area contributed by atoms with Crippen LogP contribution in [0.25, 0.3) is 0 Å². The topological polar surface area (TPSA) is 84.2 Å². The van der Waals surface area contributed by atoms with E-state index >= 15 is 0 Å². The molecule has 0 aliphatic rings. The van der Waals surface area contributed by atoms with Crippen LogP contribution in [0.1, 0.15) is 19.3 Å². The third-order valence-electron chi connectivity index (χ3n) is 1.53. The fraction of sp³-hybridized carbons (Fsp3) is 0.750. The van der Waals surface area contributed by atoms with Crippen LogP contribution >= 0.6 is 11.6 Å². The van der Waals surface area contributed by atoms with Gasteiger partial charge in [0.05, 0.1) is 0 Å². The molecule has 0 unspecified atom stereocenters. The SMILES string of the molecule is NC(=O)NCCNC(=O)CCCCCl. The number of carbonyl (C=O) groups excluding carboxylic acids is 2. The summed E-state index contributed by atoms with van der Waals surface area (Å²) in [5.41, 5.74) is 4.83. The van der Waals surface area contributed by atoms with Crippen molar-refractivity contribution >= 4 is 23.5 Å². The highest BCUT2D eigenvalue weighted by Gasteiger charge is 1.99. The van der Waals surface area contributed by atoms with Crippen LogP contribution in [-0.2, 0) is 4.79 Å². The number of alkyl halides is 1. The van der Waals surface area contributed by atoms with E-state index in [-0.39, 0.29) is 5.91 Å². The van der Waals surface area contributed by atoms with Crippen LogP contribution in [0.4, 0.5) is 4.79 Å². The van der Waals surface area contributed by atoms with Gasteiger partial charge in [-0.3, -0.25) is 4.79 Å². The van der Waals surface area contributed by atoms with Crippen LogP contribution in [-0.4, -0.2) is 30.9 Å². The molecule has 0 saturated heterocycles. The number of halogens is 1. The Hall–Kier alpha value is -0.970. The number of urea groups is 1. The molecule has 0 fully saturated rings. The molecule has 0 atom stereocenters. The Morgan fingerprint density at radius 3 is 2.36 bits per heavy atom. The maximum Gasteiger partial charge on any atom is 0.312 e. The molecule has 0 aromatic carbocycles. The molecule has 0 rings (SSSR count). The first-order valence-electron chi connectivity index (χ1n) is 4.52. The van der Waals surface area contributed by atoms with Crippen LogP contribution in [0.2, 0.25) is 0 Å². The summed E-state index contributed by atoms with van der Waals surface area (Å²) in [6.07, 6.45) is 2.11. The maximum absolute atomic E-state index is 11.1. The number of hydrogen-bond acceptors (Lipinski definition) is 2. The van der Waals surface area contributed by atoms with E-state index in [4.69, 9.17) is 17.3 Å². The number of primary amides is 1. The van der Waals surface area contributed by atoms with Gasteiger partial charge in [0.25, 0.3) is 0 Å². The van der Waals surface area contributed by atoms with Gasteiger partial charge in [0, 0.05) is 25.4 Å². The number of rotatable bonds is 7. The van der Waals surface area contributed by atoms with E-state index in [0.717, 1.165) is 12.8 Å². The van der Waals surface area contributed by atoms with Crippen molar-refractivity contribution in [3.63, 3.8) is 0 Å². The molecule has 0 aromatic heterocycles. The number of hydrogen-bond donors (Lipinski definition) is 3. The lowest BCUT2D eigenvalue weighted by Gasteiger charge is -2.04. The van der Waals surface area contributed by atoms with Crippen LogP contribution < -0.4 is 16.4 Å². The summed E-state index contributed by atoms with van der Waals surface area (Å²) in [5.74, 6) is 0.553. The Labute approximate surface area is 88.4 Å². The smallest absolute Gasteiger partial charge is 0.312 e. The minimum absolute atomic E-state index is 0.0265. The molecule has 0 bridgehead atoms. The van der Waals surface area contributed by atoms with Crippen molar-refractivity contribution in [1.29, 1.82) is 0 Å². The Morgan fingerprint density at radius 2 is 1.79 bits per heavy atom. The lowest BCUT2D eigenvalue weighted by atomic mass is 10.2. The van der Waals surface area contributed by atoms with Gasteiger partial charge >= 0.3 is 6.03 Å². The van der Waals surface area contributed by atoms with Gasteiger partial charge in [0.2, 0.25) is 5.91 Å². The lowest BCUT2D eigenvalue weighted by Crippen LogP contribution is -2.37. The Bertz CT molecular complexity index is 187. The van der Waals surface area contributed by atoms with Gasteiger partial charge in [0.15, 0.2) is 0 Å². The highest BCUT2D eigenvalue weighted by molar-refractivity contribution is 6.17. The number of nitrogens with two attached hydrogens (primary N) is 1. The second kappa shape index (κ2) is 8.62. The summed E-state index contributed by atoms with van der Waals surface area (Å²) in [7, 11) is 0. The van der Waals surface area contributed by atoms with Gasteiger partial charge in [-0.1, -0.05) is 0 Å². The van der Waals surface area contributed by atoms with Crippen molar-refractivity contribution in [2.45, 2.75) is 19.3 Å². The lowest BCUT2D eigenvalue weighted by molar-refractivity contribution is -0.121. The molecule has 0 heterocycles. The van der Waals surface area contributed by atoms with E-state index in [9.17, 15) is 9.59 Å². The minimum Gasteiger partial charge on any atom is -0.354 e. The molecule has 3 amide bonds. The molecule has 0 radical (unpaired) electrons. The van der Waals surface area contributed by atoms with Crippen LogP contribution in [0.5, 0.6) is 0 Å². The van der Waals surface area contributed by atoms with Gasteiger partial charge in [-0.05, 0) is 12.8 Å². The van der Waals surface area contributed by atoms with Gasteiger partial charge < -0.3 is 16.4 Å². The molecule has 6 heteroatoms. The van der Waals surface area contributed by atoms with Crippen LogP contribution in [0.15, 0.2) is 0 Å². The highest BCUT2D eigenvalue weighted by atomic mass is 35.5. The third kappa shape index (κ3) is 9.12. The van der Waals surface area contributed by atoms with E-state index in [2.05, 4.69) is 10.6 Å². The molecule has 0 spiro atoms. The van der Waals surface area contributed by atoms with E-state index < -0.39 is 6.03 Å². The van der Waals surface area contributed by atoms with Crippen molar-refractivity contribution in [3.8, 4) is 0 Å². The van der Waals surface area contributed by atoms with Gasteiger partial charge in [-0.25, -0.2) is 4.79 Å². The monoisotopic (exact) mass is 221 g/mol. The standard InChI is InChI=1S/C8H16ClN3O2/c9-4-2-1-3-7(13)11-5-6-12-8(10)14/h1-6H2,(H,11,13)(H3,10,12,14). The predicted octanol–water partition coefficient (Wildman–Crippen LogP) is 0.180. The van der Waals surface area contributed by atoms with Crippen molar-refractivity contribution in [3.05, 3.63) is 0 Å². The average molecular weight is 222 g/mol. The number of amides is 3. The Morgan fingerprint density at radius 1 is 1.14 bits per heavy atom. The summed E-state index contributed by atoms with van der Waals surface area (Å²) >= 11 is 5.45. The molecule has 5 nitrogen and oxygen atoms in total. The van der Waals surface area contributed by atoms with Gasteiger partial charge in [-0.2, -0.15) is 0 Å². The van der Waals surface area contributed by atoms with Crippen molar-refractivity contribution in [1.82, 2.24) is 10.6 Å². The zero-order chi connectivity index (χ0) is 10.8. The van der Waals surface area contributed by atoms with Crippen LogP contribution in [0, 0.1) is 0 Å². The Kier molecular flexibility index (Phi) is 8.02. The van der Waals surface area contributed by atoms with Crippen molar-refractivity contribution in [2.75, 3.05) is 19.0 Å². The molecule has 0 aromatic rings. The van der Waals surface area contributed by atoms with Crippen molar-refractivity contribution < 1.29 is 9.59 Å². The van der Waals surface area contributed by atoms with Gasteiger partial charge in [-0.15, -0.1) is 11.6 Å². The highest BCUT2D eigenvalue weighted by Crippen LogP contribution is 1.96. The quantitative estimate of drug-likeness (QED) is 0.423. The Balaban J connectivity index is 3.22. The zero-order valence-corrected chi connectivity index (χ0v) is 8.77. The summed E-state index contributed by atoms with van der Waals surface area (Å²) in [4.78, 5) is 21.3. The molecule has 82 valence electrons. The summed E-state index contributed by atoms with van der Waals surface area (Å²) in [6.45, 7) is 0.763. The molecular weight excluding hydrogens is 206 g/mol. The normalized spacial score (nSPS) is 9.50. The first kappa shape index (κ1) is 13.0. The predicted molar refractivity (Wildman–Crippen MR) is 55.2 cm³/mol. The summed E-state index contributed by atoms with van der Waals surface area (Å²) in [6, 6.07) is -0.582. The van der Waals surface area contributed by atoms with E-state index in [1.165, 1.54) is 0 Å². The number of unbranched alkanes of at least 4 members (excludes halogenated alkanes) is 1. The molecule has 0 saturated carbocycles. The number of carbonyl (C=O) groups is 2. The second-order valence-electron chi connectivity index (χ2n) is 2.79. The minimum atomic E-state index is -0.582. The molecule has 0 aliphatic carbocycles. The first-order chi connectivity index (χ1) is 6.66. The van der Waals surface area contributed by atoms with E-state index in [1.807, 2.05) is 0 Å². The second-order valence-corrected chi connectivity index (χ2v) is 3.17.